The molecule has 3 heteroatoms. The first-order valence-electron chi connectivity index (χ1n) is 6.51. The van der Waals surface area contributed by atoms with E-state index in [1.54, 1.807) is 0 Å². The first kappa shape index (κ1) is 11.9. The molecule has 1 N–H and O–H groups in total. The minimum atomic E-state index is -0.669. The molecule has 0 aromatic carbocycles. The Balaban J connectivity index is 1.85. The fraction of sp³-hybridized carbons (Fsp3) is 0.923. The molecule has 0 aromatic rings. The topological polar surface area (TPSA) is 40.5 Å². The molecule has 1 saturated heterocycles. The van der Waals surface area contributed by atoms with Gasteiger partial charge in [-0.3, -0.25) is 9.69 Å². The number of nitrogens with zero attached hydrogens (tertiary/aromatic N) is 1. The van der Waals surface area contributed by atoms with Crippen molar-refractivity contribution in [1.29, 1.82) is 0 Å². The van der Waals surface area contributed by atoms with Crippen LogP contribution in [0.15, 0.2) is 0 Å². The molecular formula is C13H23NO2. The van der Waals surface area contributed by atoms with Gasteiger partial charge in [0.05, 0.1) is 5.92 Å². The summed E-state index contributed by atoms with van der Waals surface area (Å²) >= 11 is 0. The lowest BCUT2D eigenvalue weighted by molar-refractivity contribution is -0.146. The van der Waals surface area contributed by atoms with Crippen LogP contribution < -0.4 is 0 Å². The van der Waals surface area contributed by atoms with Gasteiger partial charge in [0.25, 0.3) is 0 Å². The molecule has 1 saturated carbocycles. The van der Waals surface area contributed by atoms with Gasteiger partial charge in [-0.1, -0.05) is 26.2 Å². The van der Waals surface area contributed by atoms with Crippen molar-refractivity contribution in [3.8, 4) is 0 Å². The van der Waals surface area contributed by atoms with Gasteiger partial charge >= 0.3 is 5.97 Å². The molecule has 1 aliphatic carbocycles. The van der Waals surface area contributed by atoms with E-state index in [0.717, 1.165) is 13.1 Å². The van der Waals surface area contributed by atoms with Crippen molar-refractivity contribution in [2.24, 2.45) is 11.3 Å². The monoisotopic (exact) mass is 225 g/mol. The average Bonchev–Trinajstić information content (AvgIpc) is 2.24. The summed E-state index contributed by atoms with van der Waals surface area (Å²) in [6, 6.07) is 0.185. The largest absolute Gasteiger partial charge is 0.481 e. The summed E-state index contributed by atoms with van der Waals surface area (Å²) in [6.45, 7) is 6.13. The molecule has 0 aromatic heterocycles. The van der Waals surface area contributed by atoms with Crippen LogP contribution in [0, 0.1) is 11.3 Å². The van der Waals surface area contributed by atoms with Crippen molar-refractivity contribution in [2.75, 3.05) is 13.1 Å². The third-order valence-corrected chi connectivity index (χ3v) is 4.68. The van der Waals surface area contributed by atoms with Crippen LogP contribution in [0.3, 0.4) is 0 Å². The van der Waals surface area contributed by atoms with Gasteiger partial charge in [-0.2, -0.15) is 0 Å². The van der Waals surface area contributed by atoms with Crippen LogP contribution in [0.5, 0.6) is 0 Å². The molecule has 2 aliphatic rings. The van der Waals surface area contributed by atoms with Gasteiger partial charge < -0.3 is 5.11 Å². The summed E-state index contributed by atoms with van der Waals surface area (Å²) in [5, 5.41) is 9.00. The Kier molecular flexibility index (Phi) is 3.24. The number of likely N-dealkylation sites (tertiary alicyclic amines) is 1. The van der Waals surface area contributed by atoms with Crippen molar-refractivity contribution >= 4 is 5.97 Å². The minimum Gasteiger partial charge on any atom is -0.481 e. The van der Waals surface area contributed by atoms with Crippen LogP contribution in [-0.4, -0.2) is 35.1 Å². The average molecular weight is 225 g/mol. The summed E-state index contributed by atoms with van der Waals surface area (Å²) in [6.07, 6.45) is 6.85. The zero-order chi connectivity index (χ0) is 11.8. The molecule has 92 valence electrons. The fourth-order valence-corrected chi connectivity index (χ4v) is 3.24. The number of carboxylic acid groups (broad SMARTS) is 1. The molecule has 0 amide bonds. The lowest BCUT2D eigenvalue weighted by Gasteiger charge is -2.55. The van der Waals surface area contributed by atoms with E-state index in [2.05, 4.69) is 11.8 Å². The van der Waals surface area contributed by atoms with Gasteiger partial charge in [-0.05, 0) is 25.2 Å². The Hall–Kier alpha value is -0.570. The maximum absolute atomic E-state index is 10.9. The van der Waals surface area contributed by atoms with E-state index in [1.165, 1.54) is 32.1 Å². The van der Waals surface area contributed by atoms with E-state index in [0.29, 0.717) is 5.41 Å². The Morgan fingerprint density at radius 2 is 1.75 bits per heavy atom. The van der Waals surface area contributed by atoms with Crippen LogP contribution in [0.1, 0.15) is 46.0 Å². The van der Waals surface area contributed by atoms with E-state index >= 15 is 0 Å². The molecule has 2 rings (SSSR count). The molecule has 16 heavy (non-hydrogen) atoms. The van der Waals surface area contributed by atoms with Gasteiger partial charge in [0.1, 0.15) is 0 Å². The molecule has 1 aliphatic heterocycles. The second-order valence-electron chi connectivity index (χ2n) is 5.83. The Morgan fingerprint density at radius 1 is 1.19 bits per heavy atom. The van der Waals surface area contributed by atoms with E-state index in [-0.39, 0.29) is 12.0 Å². The van der Waals surface area contributed by atoms with Crippen LogP contribution in [0.4, 0.5) is 0 Å². The molecule has 1 spiro atoms. The van der Waals surface area contributed by atoms with Crippen LogP contribution in [0.25, 0.3) is 0 Å². The summed E-state index contributed by atoms with van der Waals surface area (Å²) < 4.78 is 0. The SMILES string of the molecule is CC(C(=O)O)C(C)N1CC2(CCCCC2)C1. The van der Waals surface area contributed by atoms with Crippen molar-refractivity contribution in [1.82, 2.24) is 4.90 Å². The highest BCUT2D eigenvalue weighted by Crippen LogP contribution is 2.45. The van der Waals surface area contributed by atoms with Gasteiger partial charge in [-0.25, -0.2) is 0 Å². The van der Waals surface area contributed by atoms with Gasteiger partial charge in [0.2, 0.25) is 0 Å². The lowest BCUT2D eigenvalue weighted by atomic mass is 9.68. The second-order valence-corrected chi connectivity index (χ2v) is 5.83. The molecule has 3 nitrogen and oxygen atoms in total. The highest BCUT2D eigenvalue weighted by molar-refractivity contribution is 5.70. The van der Waals surface area contributed by atoms with Crippen molar-refractivity contribution in [3.63, 3.8) is 0 Å². The van der Waals surface area contributed by atoms with Gasteiger partial charge in [0.15, 0.2) is 0 Å². The smallest absolute Gasteiger partial charge is 0.307 e. The van der Waals surface area contributed by atoms with E-state index in [9.17, 15) is 4.79 Å². The van der Waals surface area contributed by atoms with E-state index < -0.39 is 5.97 Å². The predicted octanol–water partition coefficient (Wildman–Crippen LogP) is 2.36. The molecule has 2 fully saturated rings. The minimum absolute atomic E-state index is 0.185. The Bertz CT molecular complexity index is 263. The zero-order valence-electron chi connectivity index (χ0n) is 10.4. The molecule has 0 bridgehead atoms. The summed E-state index contributed by atoms with van der Waals surface area (Å²) in [7, 11) is 0. The van der Waals surface area contributed by atoms with E-state index in [4.69, 9.17) is 5.11 Å². The molecular weight excluding hydrogens is 202 g/mol. The third-order valence-electron chi connectivity index (χ3n) is 4.68. The van der Waals surface area contributed by atoms with Crippen molar-refractivity contribution < 1.29 is 9.90 Å². The number of hydrogen-bond acceptors (Lipinski definition) is 2. The second kappa shape index (κ2) is 4.36. The predicted molar refractivity (Wildman–Crippen MR) is 63.4 cm³/mol. The number of carboxylic acids is 1. The van der Waals surface area contributed by atoms with Crippen LogP contribution in [0.2, 0.25) is 0 Å². The van der Waals surface area contributed by atoms with Gasteiger partial charge in [-0.15, -0.1) is 0 Å². The molecule has 0 radical (unpaired) electrons. The quantitative estimate of drug-likeness (QED) is 0.801. The van der Waals surface area contributed by atoms with Crippen molar-refractivity contribution in [3.05, 3.63) is 0 Å². The fourth-order valence-electron chi connectivity index (χ4n) is 3.24. The van der Waals surface area contributed by atoms with Crippen LogP contribution in [-0.2, 0) is 4.79 Å². The number of rotatable bonds is 3. The maximum Gasteiger partial charge on any atom is 0.307 e. The number of aliphatic carboxylic acids is 1. The summed E-state index contributed by atoms with van der Waals surface area (Å²) in [5.74, 6) is -0.918. The molecule has 2 atom stereocenters. The first-order chi connectivity index (χ1) is 7.54. The van der Waals surface area contributed by atoms with E-state index in [1.807, 2.05) is 6.92 Å². The normalized spacial score (nSPS) is 28.4. The Morgan fingerprint density at radius 3 is 2.25 bits per heavy atom. The third kappa shape index (κ3) is 2.10. The summed E-state index contributed by atoms with van der Waals surface area (Å²) in [5.41, 5.74) is 0.560. The highest BCUT2D eigenvalue weighted by Gasteiger charge is 2.46. The summed E-state index contributed by atoms with van der Waals surface area (Å²) in [4.78, 5) is 13.3. The highest BCUT2D eigenvalue weighted by atomic mass is 16.4. The molecule has 1 heterocycles. The standard InChI is InChI=1S/C13H23NO2/c1-10(12(15)16)11(2)14-8-13(9-14)6-4-3-5-7-13/h10-11H,3-9H2,1-2H3,(H,15,16). The first-order valence-corrected chi connectivity index (χ1v) is 6.51. The maximum atomic E-state index is 10.9. The van der Waals surface area contributed by atoms with Gasteiger partial charge in [0, 0.05) is 19.1 Å². The number of hydrogen-bond donors (Lipinski definition) is 1. The number of carbonyl (C=O) groups is 1. The van der Waals surface area contributed by atoms with Crippen molar-refractivity contribution in [2.45, 2.75) is 52.0 Å². The Labute approximate surface area is 97.8 Å². The lowest BCUT2D eigenvalue weighted by Crippen LogP contribution is -2.61. The zero-order valence-corrected chi connectivity index (χ0v) is 10.4. The molecule has 2 unspecified atom stereocenters. The van der Waals surface area contributed by atoms with Crippen LogP contribution >= 0.6 is 0 Å².